The van der Waals surface area contributed by atoms with Crippen LogP contribution in [0.15, 0.2) is 60.7 Å². The van der Waals surface area contributed by atoms with Crippen LogP contribution in [0, 0.1) is 0 Å². The minimum atomic E-state index is 0.193. The lowest BCUT2D eigenvalue weighted by Gasteiger charge is -2.32. The van der Waals surface area contributed by atoms with Crippen molar-refractivity contribution in [3.05, 3.63) is 71.8 Å². The Morgan fingerprint density at radius 2 is 1.70 bits per heavy atom. The predicted octanol–water partition coefficient (Wildman–Crippen LogP) is 3.77. The highest BCUT2D eigenvalue weighted by molar-refractivity contribution is 7.80. The van der Waals surface area contributed by atoms with Gasteiger partial charge in [-0.25, -0.2) is 0 Å². The number of methoxy groups -OCH3 is 1. The number of nitrogens with zero attached hydrogens (tertiary/aromatic N) is 1. The van der Waals surface area contributed by atoms with Crippen LogP contribution in [-0.4, -0.2) is 30.3 Å². The van der Waals surface area contributed by atoms with Crippen molar-refractivity contribution in [2.45, 2.75) is 19.5 Å². The fourth-order valence-corrected chi connectivity index (χ4v) is 2.76. The molecule has 0 aliphatic rings. The second-order valence-electron chi connectivity index (χ2n) is 5.42. The van der Waals surface area contributed by atoms with E-state index in [2.05, 4.69) is 65.7 Å². The van der Waals surface area contributed by atoms with Crippen LogP contribution < -0.4 is 5.32 Å². The molecular weight excluding hydrogens is 304 g/mol. The molecule has 1 N–H and O–H groups in total. The second kappa shape index (κ2) is 9.28. The van der Waals surface area contributed by atoms with E-state index in [-0.39, 0.29) is 6.04 Å². The van der Waals surface area contributed by atoms with Crippen LogP contribution in [0.4, 0.5) is 0 Å². The van der Waals surface area contributed by atoms with Crippen molar-refractivity contribution in [2.24, 2.45) is 0 Å². The summed E-state index contributed by atoms with van der Waals surface area (Å²) in [5.74, 6) is 0. The highest BCUT2D eigenvalue weighted by atomic mass is 32.1. The molecule has 0 aliphatic heterocycles. The van der Waals surface area contributed by atoms with E-state index >= 15 is 0 Å². The molecule has 0 unspecified atom stereocenters. The van der Waals surface area contributed by atoms with Gasteiger partial charge in [-0.15, -0.1) is 0 Å². The number of nitrogens with one attached hydrogen (secondary N) is 1. The van der Waals surface area contributed by atoms with Gasteiger partial charge in [0.1, 0.15) is 0 Å². The molecule has 0 heterocycles. The molecule has 1 atom stereocenters. The number of hydrogen-bond donors (Lipinski definition) is 1. The van der Waals surface area contributed by atoms with Crippen LogP contribution in [0.25, 0.3) is 0 Å². The van der Waals surface area contributed by atoms with Gasteiger partial charge in [0.25, 0.3) is 0 Å². The summed E-state index contributed by atoms with van der Waals surface area (Å²) < 4.78 is 5.09. The summed E-state index contributed by atoms with van der Waals surface area (Å²) in [6, 6.07) is 21.0. The van der Waals surface area contributed by atoms with Gasteiger partial charge in [0.2, 0.25) is 0 Å². The molecule has 2 rings (SSSR count). The third-order valence-corrected chi connectivity index (χ3v) is 4.17. The molecule has 0 fully saturated rings. The lowest BCUT2D eigenvalue weighted by molar-refractivity contribution is 0.202. The Kier molecular flexibility index (Phi) is 7.04. The molecule has 0 bridgehead atoms. The van der Waals surface area contributed by atoms with Crippen LogP contribution in [0.3, 0.4) is 0 Å². The van der Waals surface area contributed by atoms with Crippen molar-refractivity contribution < 1.29 is 4.74 Å². The molecule has 0 amide bonds. The number of hydrogen-bond acceptors (Lipinski definition) is 2. The maximum Gasteiger partial charge on any atom is 0.169 e. The fourth-order valence-electron chi connectivity index (χ4n) is 2.44. The zero-order chi connectivity index (χ0) is 16.5. The minimum Gasteiger partial charge on any atom is -0.383 e. The van der Waals surface area contributed by atoms with E-state index in [0.717, 1.165) is 11.7 Å². The molecule has 4 heteroatoms. The summed E-state index contributed by atoms with van der Waals surface area (Å²) in [6.45, 7) is 4.31. The molecule has 3 nitrogen and oxygen atoms in total. The van der Waals surface area contributed by atoms with Crippen LogP contribution >= 0.6 is 12.2 Å². The van der Waals surface area contributed by atoms with Gasteiger partial charge in [0.15, 0.2) is 5.11 Å². The lowest BCUT2D eigenvalue weighted by Crippen LogP contribution is -2.42. The van der Waals surface area contributed by atoms with Crippen molar-refractivity contribution in [1.82, 2.24) is 10.2 Å². The first-order chi connectivity index (χ1) is 11.2. The highest BCUT2D eigenvalue weighted by Gasteiger charge is 2.18. The number of thiocarbonyl (C=S) groups is 1. The van der Waals surface area contributed by atoms with Gasteiger partial charge in [0, 0.05) is 20.2 Å². The van der Waals surface area contributed by atoms with Gasteiger partial charge in [-0.3, -0.25) is 0 Å². The van der Waals surface area contributed by atoms with Crippen molar-refractivity contribution in [3.8, 4) is 0 Å². The second-order valence-corrected chi connectivity index (χ2v) is 5.81. The molecule has 0 saturated carbocycles. The number of ether oxygens (including phenoxy) is 1. The highest BCUT2D eigenvalue weighted by Crippen LogP contribution is 2.22. The summed E-state index contributed by atoms with van der Waals surface area (Å²) in [6.07, 6.45) is 0. The van der Waals surface area contributed by atoms with E-state index in [0.29, 0.717) is 13.2 Å². The van der Waals surface area contributed by atoms with E-state index in [1.54, 1.807) is 7.11 Å². The third-order valence-electron chi connectivity index (χ3n) is 3.79. The van der Waals surface area contributed by atoms with Crippen LogP contribution in [0.5, 0.6) is 0 Å². The van der Waals surface area contributed by atoms with Gasteiger partial charge in [-0.2, -0.15) is 0 Å². The zero-order valence-corrected chi connectivity index (χ0v) is 14.6. The molecule has 2 aromatic carbocycles. The van der Waals surface area contributed by atoms with Crippen LogP contribution in [0.2, 0.25) is 0 Å². The van der Waals surface area contributed by atoms with Crippen LogP contribution in [-0.2, 0) is 11.3 Å². The van der Waals surface area contributed by atoms with Gasteiger partial charge in [0.05, 0.1) is 12.6 Å². The molecule has 0 spiro atoms. The predicted molar refractivity (Wildman–Crippen MR) is 99.3 cm³/mol. The molecule has 0 saturated heterocycles. The standard InChI is InChI=1S/C19H24N2OS/c1-16(18-11-7-4-8-12-18)21(19(23)20-13-14-22-2)15-17-9-5-3-6-10-17/h3-12,16H,13-15H2,1-2H3,(H,20,23)/t16-/m0/s1. The molecule has 122 valence electrons. The van der Waals surface area contributed by atoms with Gasteiger partial charge in [-0.1, -0.05) is 60.7 Å². The monoisotopic (exact) mass is 328 g/mol. The Hall–Kier alpha value is -1.91. The van der Waals surface area contributed by atoms with Gasteiger partial charge >= 0.3 is 0 Å². The lowest BCUT2D eigenvalue weighted by atomic mass is 10.1. The molecule has 2 aromatic rings. The molecule has 0 aromatic heterocycles. The van der Waals surface area contributed by atoms with Crippen molar-refractivity contribution in [1.29, 1.82) is 0 Å². The fraction of sp³-hybridized carbons (Fsp3) is 0.316. The van der Waals surface area contributed by atoms with E-state index in [1.807, 2.05) is 12.1 Å². The van der Waals surface area contributed by atoms with Crippen molar-refractivity contribution in [3.63, 3.8) is 0 Å². The quantitative estimate of drug-likeness (QED) is 0.618. The maximum absolute atomic E-state index is 5.62. The molecule has 23 heavy (non-hydrogen) atoms. The average molecular weight is 328 g/mol. The SMILES string of the molecule is COCCNC(=S)N(Cc1ccccc1)[C@@H](C)c1ccccc1. The summed E-state index contributed by atoms with van der Waals surface area (Å²) in [7, 11) is 1.69. The van der Waals surface area contributed by atoms with Crippen molar-refractivity contribution in [2.75, 3.05) is 20.3 Å². The Labute approximate surface area is 144 Å². The summed E-state index contributed by atoms with van der Waals surface area (Å²) in [5, 5.41) is 4.04. The van der Waals surface area contributed by atoms with E-state index in [4.69, 9.17) is 17.0 Å². The molecule has 0 radical (unpaired) electrons. The summed E-state index contributed by atoms with van der Waals surface area (Å²) >= 11 is 5.62. The van der Waals surface area contributed by atoms with E-state index in [9.17, 15) is 0 Å². The van der Waals surface area contributed by atoms with E-state index in [1.165, 1.54) is 11.1 Å². The Balaban J connectivity index is 2.15. The smallest absolute Gasteiger partial charge is 0.169 e. The van der Waals surface area contributed by atoms with Crippen molar-refractivity contribution >= 4 is 17.3 Å². The number of rotatable bonds is 7. The van der Waals surface area contributed by atoms with Gasteiger partial charge in [-0.05, 0) is 30.3 Å². The third kappa shape index (κ3) is 5.34. The maximum atomic E-state index is 5.62. The first-order valence-electron chi connectivity index (χ1n) is 7.84. The number of benzene rings is 2. The summed E-state index contributed by atoms with van der Waals surface area (Å²) in [5.41, 5.74) is 2.49. The van der Waals surface area contributed by atoms with E-state index < -0.39 is 0 Å². The first-order valence-corrected chi connectivity index (χ1v) is 8.25. The van der Waals surface area contributed by atoms with Crippen LogP contribution in [0.1, 0.15) is 24.1 Å². The van der Waals surface area contributed by atoms with Gasteiger partial charge < -0.3 is 15.0 Å². The summed E-state index contributed by atoms with van der Waals surface area (Å²) in [4.78, 5) is 2.22. The minimum absolute atomic E-state index is 0.193. The zero-order valence-electron chi connectivity index (χ0n) is 13.7. The normalized spacial score (nSPS) is 11.7. The topological polar surface area (TPSA) is 24.5 Å². The Morgan fingerprint density at radius 3 is 2.30 bits per heavy atom. The largest absolute Gasteiger partial charge is 0.383 e. The first kappa shape index (κ1) is 17.4. The average Bonchev–Trinajstić information content (AvgIpc) is 2.61. The molecular formula is C19H24N2OS. The molecule has 0 aliphatic carbocycles. The Morgan fingerprint density at radius 1 is 1.09 bits per heavy atom. The Bertz CT molecular complexity index is 589.